The zero-order valence-corrected chi connectivity index (χ0v) is 17.2. The van der Waals surface area contributed by atoms with Gasteiger partial charge in [-0.25, -0.2) is 9.59 Å². The van der Waals surface area contributed by atoms with Gasteiger partial charge < -0.3 is 14.8 Å². The van der Waals surface area contributed by atoms with Gasteiger partial charge in [-0.1, -0.05) is 48.2 Å². The van der Waals surface area contributed by atoms with Gasteiger partial charge in [0.05, 0.1) is 12.2 Å². The number of carbonyl (C=O) groups is 2. The number of aromatic nitrogens is 2. The molecule has 1 amide bonds. The molecule has 0 unspecified atom stereocenters. The number of benzene rings is 2. The number of esters is 1. The van der Waals surface area contributed by atoms with Crippen LogP contribution in [0.2, 0.25) is 0 Å². The van der Waals surface area contributed by atoms with Gasteiger partial charge in [0, 0.05) is 11.8 Å². The Morgan fingerprint density at radius 1 is 1.06 bits per heavy atom. The molecule has 1 aliphatic heterocycles. The van der Waals surface area contributed by atoms with E-state index in [0.29, 0.717) is 11.1 Å². The van der Waals surface area contributed by atoms with E-state index in [-0.39, 0.29) is 35.7 Å². The van der Waals surface area contributed by atoms with Crippen molar-refractivity contribution in [3.8, 4) is 0 Å². The molecule has 2 atom stereocenters. The number of hydrogen-bond donors (Lipinski definition) is 1. The Morgan fingerprint density at radius 2 is 1.74 bits per heavy atom. The second kappa shape index (κ2) is 9.59. The van der Waals surface area contributed by atoms with Crippen molar-refractivity contribution in [1.82, 2.24) is 9.55 Å². The van der Waals surface area contributed by atoms with Gasteiger partial charge in [-0.3, -0.25) is 9.36 Å². The largest absolute Gasteiger partial charge is 0.458 e. The van der Waals surface area contributed by atoms with E-state index in [2.05, 4.69) is 10.3 Å². The Kier molecular flexibility index (Phi) is 6.44. The zero-order valence-electron chi connectivity index (χ0n) is 16.3. The number of nitrogens with zero attached hydrogens (tertiary/aromatic N) is 2. The second-order valence-electron chi connectivity index (χ2n) is 6.64. The van der Waals surface area contributed by atoms with Crippen LogP contribution in [0.15, 0.2) is 77.7 Å². The lowest BCUT2D eigenvalue weighted by atomic mass is 10.2. The predicted molar refractivity (Wildman–Crippen MR) is 116 cm³/mol. The van der Waals surface area contributed by atoms with Crippen molar-refractivity contribution in [3.05, 3.63) is 94.5 Å². The van der Waals surface area contributed by atoms with Gasteiger partial charge >= 0.3 is 11.7 Å². The molecule has 1 N–H and O–H groups in total. The summed E-state index contributed by atoms with van der Waals surface area (Å²) in [5, 5.41) is 2.31. The molecule has 0 saturated carbocycles. The molecule has 0 radical (unpaired) electrons. The Hall–Kier alpha value is -3.43. The number of anilines is 1. The summed E-state index contributed by atoms with van der Waals surface area (Å²) in [6, 6.07) is 18.9. The maximum atomic E-state index is 12.4. The fourth-order valence-corrected chi connectivity index (χ4v) is 4.06. The Balaban J connectivity index is 1.33. The highest BCUT2D eigenvalue weighted by Gasteiger charge is 2.29. The molecule has 0 bridgehead atoms. The van der Waals surface area contributed by atoms with E-state index in [1.165, 1.54) is 16.3 Å². The topological polar surface area (TPSA) is 99.5 Å². The van der Waals surface area contributed by atoms with E-state index in [9.17, 15) is 14.4 Å². The van der Waals surface area contributed by atoms with E-state index in [0.717, 1.165) is 0 Å². The number of hydrogen-bond acceptors (Lipinski definition) is 7. The average molecular weight is 437 g/mol. The van der Waals surface area contributed by atoms with Crippen LogP contribution in [0.25, 0.3) is 0 Å². The number of amides is 1. The smallest absolute Gasteiger partial charge is 0.350 e. The summed E-state index contributed by atoms with van der Waals surface area (Å²) in [5.74, 6) is -0.595. The molecule has 1 fully saturated rings. The highest BCUT2D eigenvalue weighted by molar-refractivity contribution is 8.00. The standard InChI is InChI=1S/C22H19N3O5S/c26-20(15-7-3-1-4-8-15)23-17-11-12-25(22(28)24-17)18-13-29-19(31-18)14-30-21(27)16-9-5-2-6-10-16/h1-12,18-19H,13-14H2,(H,23,24,26,28)/t18-,19-/m0/s1. The van der Waals surface area contributed by atoms with Crippen molar-refractivity contribution in [1.29, 1.82) is 0 Å². The van der Waals surface area contributed by atoms with Gasteiger partial charge in [-0.2, -0.15) is 4.98 Å². The molecule has 9 heteroatoms. The average Bonchev–Trinajstić information content (AvgIpc) is 3.27. The van der Waals surface area contributed by atoms with E-state index >= 15 is 0 Å². The van der Waals surface area contributed by atoms with Crippen LogP contribution in [-0.2, 0) is 9.47 Å². The minimum Gasteiger partial charge on any atom is -0.458 e. The van der Waals surface area contributed by atoms with Crippen LogP contribution in [0.1, 0.15) is 26.1 Å². The monoisotopic (exact) mass is 437 g/mol. The Morgan fingerprint density at radius 3 is 2.42 bits per heavy atom. The third-order valence-electron chi connectivity index (χ3n) is 4.51. The molecule has 1 saturated heterocycles. The maximum absolute atomic E-state index is 12.4. The van der Waals surface area contributed by atoms with E-state index in [4.69, 9.17) is 9.47 Å². The molecule has 158 valence electrons. The lowest BCUT2D eigenvalue weighted by molar-refractivity contribution is 0.0273. The van der Waals surface area contributed by atoms with E-state index in [1.54, 1.807) is 60.8 Å². The Bertz CT molecular complexity index is 1120. The van der Waals surface area contributed by atoms with E-state index < -0.39 is 11.7 Å². The van der Waals surface area contributed by atoms with Crippen LogP contribution in [0.4, 0.5) is 5.82 Å². The summed E-state index contributed by atoms with van der Waals surface area (Å²) in [6.45, 7) is 0.345. The second-order valence-corrected chi connectivity index (χ2v) is 7.98. The molecule has 4 rings (SSSR count). The third kappa shape index (κ3) is 5.19. The van der Waals surface area contributed by atoms with Gasteiger partial charge in [0.25, 0.3) is 5.91 Å². The van der Waals surface area contributed by atoms with Gasteiger partial charge in [-0.05, 0) is 30.3 Å². The number of thioether (sulfide) groups is 1. The molecule has 1 aromatic heterocycles. The van der Waals surface area contributed by atoms with Gasteiger partial charge in [0.1, 0.15) is 23.2 Å². The molecule has 2 heterocycles. The molecule has 31 heavy (non-hydrogen) atoms. The number of carbonyl (C=O) groups excluding carboxylic acids is 2. The molecule has 2 aromatic carbocycles. The maximum Gasteiger partial charge on any atom is 0.350 e. The van der Waals surface area contributed by atoms with Crippen LogP contribution < -0.4 is 11.0 Å². The molecule has 0 aliphatic carbocycles. The van der Waals surface area contributed by atoms with Gasteiger partial charge in [-0.15, -0.1) is 0 Å². The first-order valence-corrected chi connectivity index (χ1v) is 10.5. The molecular formula is C22H19N3O5S. The lowest BCUT2D eigenvalue weighted by Gasteiger charge is -2.13. The molecule has 1 aliphatic rings. The highest BCUT2D eigenvalue weighted by Crippen LogP contribution is 2.34. The molecule has 3 aromatic rings. The molecular weight excluding hydrogens is 418 g/mol. The van der Waals surface area contributed by atoms with Crippen LogP contribution in [0.3, 0.4) is 0 Å². The van der Waals surface area contributed by atoms with Crippen molar-refractivity contribution in [2.45, 2.75) is 10.8 Å². The first kappa shape index (κ1) is 20.8. The fourth-order valence-electron chi connectivity index (χ4n) is 2.96. The first-order chi connectivity index (χ1) is 15.1. The summed E-state index contributed by atoms with van der Waals surface area (Å²) in [6.07, 6.45) is 1.56. The van der Waals surface area contributed by atoms with Crippen LogP contribution >= 0.6 is 11.8 Å². The number of rotatable bonds is 6. The van der Waals surface area contributed by atoms with Crippen molar-refractivity contribution >= 4 is 29.5 Å². The van der Waals surface area contributed by atoms with Crippen molar-refractivity contribution in [3.63, 3.8) is 0 Å². The van der Waals surface area contributed by atoms with E-state index in [1.807, 2.05) is 12.1 Å². The fraction of sp³-hybridized carbons (Fsp3) is 0.182. The van der Waals surface area contributed by atoms with Crippen LogP contribution in [0, 0.1) is 0 Å². The summed E-state index contributed by atoms with van der Waals surface area (Å²) in [7, 11) is 0. The normalized spacial score (nSPS) is 17.8. The minimum atomic E-state index is -0.506. The summed E-state index contributed by atoms with van der Waals surface area (Å²) < 4.78 is 12.4. The third-order valence-corrected chi connectivity index (χ3v) is 5.76. The molecule has 0 spiro atoms. The van der Waals surface area contributed by atoms with Crippen LogP contribution in [-0.4, -0.2) is 40.1 Å². The lowest BCUT2D eigenvalue weighted by Crippen LogP contribution is -2.27. The van der Waals surface area contributed by atoms with Crippen molar-refractivity contribution in [2.75, 3.05) is 18.5 Å². The van der Waals surface area contributed by atoms with Gasteiger partial charge in [0.2, 0.25) is 0 Å². The van der Waals surface area contributed by atoms with Crippen molar-refractivity contribution < 1.29 is 19.1 Å². The van der Waals surface area contributed by atoms with Crippen LogP contribution in [0.5, 0.6) is 0 Å². The summed E-state index contributed by atoms with van der Waals surface area (Å²) in [4.78, 5) is 40.7. The Labute approximate surface area is 182 Å². The van der Waals surface area contributed by atoms with Crippen molar-refractivity contribution in [2.24, 2.45) is 0 Å². The van der Waals surface area contributed by atoms with Gasteiger partial charge in [0.15, 0.2) is 0 Å². The number of ether oxygens (including phenoxy) is 2. The molecule has 8 nitrogen and oxygen atoms in total. The zero-order chi connectivity index (χ0) is 21.6. The quantitative estimate of drug-likeness (QED) is 0.592. The highest BCUT2D eigenvalue weighted by atomic mass is 32.2. The first-order valence-electron chi connectivity index (χ1n) is 9.55. The summed E-state index contributed by atoms with van der Waals surface area (Å²) in [5.41, 5.74) is 0.0487. The SMILES string of the molecule is O=C(Nc1ccn([C@@H]2CO[C@H](COC(=O)c3ccccc3)S2)c(=O)n1)c1ccccc1. The minimum absolute atomic E-state index is 0.0717. The predicted octanol–water partition coefficient (Wildman–Crippen LogP) is 2.94. The number of nitrogens with one attached hydrogen (secondary N) is 1. The summed E-state index contributed by atoms with van der Waals surface area (Å²) >= 11 is 1.37.